The van der Waals surface area contributed by atoms with Crippen molar-refractivity contribution in [1.82, 2.24) is 0 Å². The van der Waals surface area contributed by atoms with Crippen LogP contribution in [0.15, 0.2) is 18.2 Å². The maximum Gasteiger partial charge on any atom is 0.211 e. The van der Waals surface area contributed by atoms with Gasteiger partial charge >= 0.3 is 0 Å². The number of rotatable bonds is 6. The van der Waals surface area contributed by atoms with Gasteiger partial charge in [-0.3, -0.25) is 9.59 Å². The van der Waals surface area contributed by atoms with Gasteiger partial charge in [0.25, 0.3) is 0 Å². The standard InChI is InChI=1S/C14H19NO3/c1-5-14(4,11(3)17)18-13-7-6-10(2)8-12(13)15-9-16/h6-9H,5H2,1-4H3,(H,15,16). The summed E-state index contributed by atoms with van der Waals surface area (Å²) < 4.78 is 5.78. The molecule has 1 rings (SSSR count). The number of ketones is 1. The van der Waals surface area contributed by atoms with Crippen molar-refractivity contribution >= 4 is 17.9 Å². The monoisotopic (exact) mass is 249 g/mol. The summed E-state index contributed by atoms with van der Waals surface area (Å²) in [7, 11) is 0. The number of carbonyl (C=O) groups excluding carboxylic acids is 2. The van der Waals surface area contributed by atoms with Gasteiger partial charge in [-0.15, -0.1) is 0 Å². The molecule has 1 N–H and O–H groups in total. The Morgan fingerprint density at radius 3 is 2.67 bits per heavy atom. The van der Waals surface area contributed by atoms with Crippen LogP contribution in [-0.4, -0.2) is 17.8 Å². The number of Topliss-reactive ketones (excluding diaryl/α,β-unsaturated/α-hetero) is 1. The van der Waals surface area contributed by atoms with Gasteiger partial charge in [-0.2, -0.15) is 0 Å². The molecule has 0 aliphatic heterocycles. The summed E-state index contributed by atoms with van der Waals surface area (Å²) in [5.41, 5.74) is 0.716. The van der Waals surface area contributed by atoms with E-state index in [4.69, 9.17) is 4.74 Å². The Bertz CT molecular complexity index is 456. The largest absolute Gasteiger partial charge is 0.478 e. The fourth-order valence-electron chi connectivity index (χ4n) is 1.54. The van der Waals surface area contributed by atoms with Gasteiger partial charge in [0.15, 0.2) is 11.4 Å². The van der Waals surface area contributed by atoms with Gasteiger partial charge in [0.2, 0.25) is 6.41 Å². The molecule has 0 saturated heterocycles. The SMILES string of the molecule is CCC(C)(Oc1ccc(C)cc1NC=O)C(C)=O. The third kappa shape index (κ3) is 3.09. The maximum absolute atomic E-state index is 11.6. The van der Waals surface area contributed by atoms with Crippen molar-refractivity contribution in [2.45, 2.75) is 39.7 Å². The molecule has 0 radical (unpaired) electrons. The van der Waals surface area contributed by atoms with Crippen molar-refractivity contribution in [2.24, 2.45) is 0 Å². The van der Waals surface area contributed by atoms with E-state index < -0.39 is 5.60 Å². The Kier molecular flexibility index (Phi) is 4.48. The Labute approximate surface area is 107 Å². The third-order valence-electron chi connectivity index (χ3n) is 3.10. The summed E-state index contributed by atoms with van der Waals surface area (Å²) in [4.78, 5) is 22.2. The van der Waals surface area contributed by atoms with E-state index in [-0.39, 0.29) is 5.78 Å². The molecule has 0 saturated carbocycles. The van der Waals surface area contributed by atoms with E-state index in [1.807, 2.05) is 19.9 Å². The summed E-state index contributed by atoms with van der Waals surface area (Å²) in [6.07, 6.45) is 1.16. The average molecular weight is 249 g/mol. The van der Waals surface area contributed by atoms with E-state index in [9.17, 15) is 9.59 Å². The average Bonchev–Trinajstić information content (AvgIpc) is 2.32. The highest BCUT2D eigenvalue weighted by molar-refractivity contribution is 5.85. The minimum Gasteiger partial charge on any atom is -0.478 e. The van der Waals surface area contributed by atoms with Crippen molar-refractivity contribution in [3.05, 3.63) is 23.8 Å². The number of aryl methyl sites for hydroxylation is 1. The molecule has 0 aliphatic carbocycles. The first kappa shape index (κ1) is 14.2. The van der Waals surface area contributed by atoms with Crippen LogP contribution in [0.4, 0.5) is 5.69 Å². The van der Waals surface area contributed by atoms with Gasteiger partial charge in [0, 0.05) is 0 Å². The molecule has 4 heteroatoms. The molecule has 1 amide bonds. The lowest BCUT2D eigenvalue weighted by molar-refractivity contribution is -0.131. The Morgan fingerprint density at radius 2 is 2.17 bits per heavy atom. The highest BCUT2D eigenvalue weighted by Gasteiger charge is 2.30. The first-order chi connectivity index (χ1) is 8.42. The van der Waals surface area contributed by atoms with Crippen molar-refractivity contribution in [3.8, 4) is 5.75 Å². The van der Waals surface area contributed by atoms with Crippen LogP contribution in [0.5, 0.6) is 5.75 Å². The quantitative estimate of drug-likeness (QED) is 0.789. The van der Waals surface area contributed by atoms with E-state index in [0.29, 0.717) is 24.3 Å². The third-order valence-corrected chi connectivity index (χ3v) is 3.10. The van der Waals surface area contributed by atoms with Crippen LogP contribution < -0.4 is 10.1 Å². The van der Waals surface area contributed by atoms with Gasteiger partial charge in [-0.25, -0.2) is 0 Å². The number of amides is 1. The first-order valence-electron chi connectivity index (χ1n) is 5.94. The summed E-state index contributed by atoms with van der Waals surface area (Å²) in [6.45, 7) is 7.07. The van der Waals surface area contributed by atoms with Crippen molar-refractivity contribution in [2.75, 3.05) is 5.32 Å². The van der Waals surface area contributed by atoms with Gasteiger partial charge in [-0.1, -0.05) is 13.0 Å². The molecule has 0 bridgehead atoms. The molecule has 1 atom stereocenters. The molecule has 18 heavy (non-hydrogen) atoms. The van der Waals surface area contributed by atoms with E-state index >= 15 is 0 Å². The van der Waals surface area contributed by atoms with Crippen LogP contribution in [0, 0.1) is 6.92 Å². The Morgan fingerprint density at radius 1 is 1.50 bits per heavy atom. The maximum atomic E-state index is 11.6. The summed E-state index contributed by atoms with van der Waals surface area (Å²) in [6, 6.07) is 5.44. The van der Waals surface area contributed by atoms with Crippen LogP contribution in [-0.2, 0) is 9.59 Å². The van der Waals surface area contributed by atoms with Crippen LogP contribution in [0.25, 0.3) is 0 Å². The zero-order valence-electron chi connectivity index (χ0n) is 11.2. The predicted octanol–water partition coefficient (Wildman–Crippen LogP) is 2.70. The Hall–Kier alpha value is -1.84. The lowest BCUT2D eigenvalue weighted by Gasteiger charge is -2.27. The number of anilines is 1. The molecule has 1 aromatic rings. The highest BCUT2D eigenvalue weighted by Crippen LogP contribution is 2.30. The second-order valence-corrected chi connectivity index (χ2v) is 4.50. The molecule has 0 fully saturated rings. The zero-order chi connectivity index (χ0) is 13.8. The molecule has 0 aromatic heterocycles. The van der Waals surface area contributed by atoms with Crippen molar-refractivity contribution in [3.63, 3.8) is 0 Å². The fourth-order valence-corrected chi connectivity index (χ4v) is 1.54. The van der Waals surface area contributed by atoms with Crippen LogP contribution in [0.3, 0.4) is 0 Å². The van der Waals surface area contributed by atoms with Crippen LogP contribution in [0.1, 0.15) is 32.8 Å². The van der Waals surface area contributed by atoms with Gasteiger partial charge < -0.3 is 10.1 Å². The molecule has 0 aliphatic rings. The lowest BCUT2D eigenvalue weighted by atomic mass is 9.98. The minimum absolute atomic E-state index is 0.0392. The van der Waals surface area contributed by atoms with Crippen molar-refractivity contribution < 1.29 is 14.3 Å². The van der Waals surface area contributed by atoms with Gasteiger partial charge in [0.1, 0.15) is 5.75 Å². The van der Waals surface area contributed by atoms with E-state index in [2.05, 4.69) is 5.32 Å². The van der Waals surface area contributed by atoms with Crippen LogP contribution in [0.2, 0.25) is 0 Å². The second kappa shape index (κ2) is 5.67. The number of hydrogen-bond acceptors (Lipinski definition) is 3. The normalized spacial score (nSPS) is 13.6. The van der Waals surface area contributed by atoms with Crippen LogP contribution >= 0.6 is 0 Å². The summed E-state index contributed by atoms with van der Waals surface area (Å²) in [5.74, 6) is 0.467. The van der Waals surface area contributed by atoms with E-state index in [1.54, 1.807) is 19.1 Å². The Balaban J connectivity index is 3.09. The minimum atomic E-state index is -0.866. The van der Waals surface area contributed by atoms with Crippen molar-refractivity contribution in [1.29, 1.82) is 0 Å². The molecule has 0 heterocycles. The summed E-state index contributed by atoms with van der Waals surface area (Å²) >= 11 is 0. The molecule has 98 valence electrons. The number of hydrogen-bond donors (Lipinski definition) is 1. The number of benzene rings is 1. The molecule has 4 nitrogen and oxygen atoms in total. The zero-order valence-corrected chi connectivity index (χ0v) is 11.2. The van der Waals surface area contributed by atoms with Gasteiger partial charge in [-0.05, 0) is 44.9 Å². The summed E-state index contributed by atoms with van der Waals surface area (Å²) in [5, 5.41) is 2.59. The predicted molar refractivity (Wildman–Crippen MR) is 70.9 cm³/mol. The fraction of sp³-hybridized carbons (Fsp3) is 0.429. The number of ether oxygens (including phenoxy) is 1. The molecule has 0 spiro atoms. The molecular weight excluding hydrogens is 230 g/mol. The highest BCUT2D eigenvalue weighted by atomic mass is 16.5. The molecule has 1 aromatic carbocycles. The first-order valence-corrected chi connectivity index (χ1v) is 5.94. The second-order valence-electron chi connectivity index (χ2n) is 4.50. The van der Waals surface area contributed by atoms with E-state index in [0.717, 1.165) is 5.56 Å². The topological polar surface area (TPSA) is 55.4 Å². The molecular formula is C14H19NO3. The van der Waals surface area contributed by atoms with E-state index in [1.165, 1.54) is 6.92 Å². The number of carbonyl (C=O) groups is 2. The lowest BCUT2D eigenvalue weighted by Crippen LogP contribution is -2.39. The smallest absolute Gasteiger partial charge is 0.211 e. The molecule has 1 unspecified atom stereocenters. The van der Waals surface area contributed by atoms with Gasteiger partial charge in [0.05, 0.1) is 5.69 Å². The number of nitrogens with one attached hydrogen (secondary N) is 1.